The van der Waals surface area contributed by atoms with Gasteiger partial charge >= 0.3 is 0 Å². The third-order valence-electron chi connectivity index (χ3n) is 4.04. The fourth-order valence-corrected chi connectivity index (χ4v) is 2.96. The molecule has 2 aromatic rings. The Morgan fingerprint density at radius 3 is 2.75 bits per heavy atom. The number of halogens is 1. The van der Waals surface area contributed by atoms with E-state index in [1.807, 2.05) is 30.3 Å². The molecule has 0 aliphatic carbocycles. The van der Waals surface area contributed by atoms with Crippen molar-refractivity contribution in [2.75, 3.05) is 13.1 Å². The SMILES string of the molecule is O=C(NC(CN1CCCC1=O)c1ccccc1)c1cc(Cl)ccn1. The highest BCUT2D eigenvalue weighted by Crippen LogP contribution is 2.19. The molecule has 3 rings (SSSR count). The van der Waals surface area contributed by atoms with Crippen LogP contribution in [0, 0.1) is 0 Å². The number of amides is 2. The van der Waals surface area contributed by atoms with E-state index in [9.17, 15) is 9.59 Å². The van der Waals surface area contributed by atoms with E-state index in [0.717, 1.165) is 18.5 Å². The zero-order chi connectivity index (χ0) is 16.9. The van der Waals surface area contributed by atoms with Gasteiger partial charge in [-0.05, 0) is 24.1 Å². The van der Waals surface area contributed by atoms with Crippen LogP contribution in [0.2, 0.25) is 5.02 Å². The lowest BCUT2D eigenvalue weighted by Gasteiger charge is -2.25. The summed E-state index contributed by atoms with van der Waals surface area (Å²) < 4.78 is 0. The molecule has 1 aliphatic heterocycles. The van der Waals surface area contributed by atoms with Gasteiger partial charge in [-0.3, -0.25) is 14.6 Å². The second kappa shape index (κ2) is 7.45. The Morgan fingerprint density at radius 2 is 2.08 bits per heavy atom. The second-order valence-electron chi connectivity index (χ2n) is 5.74. The minimum atomic E-state index is -0.307. The van der Waals surface area contributed by atoms with Crippen molar-refractivity contribution in [3.05, 3.63) is 64.9 Å². The molecule has 0 bridgehead atoms. The predicted molar refractivity (Wildman–Crippen MR) is 91.7 cm³/mol. The Balaban J connectivity index is 1.79. The Bertz CT molecular complexity index is 736. The van der Waals surface area contributed by atoms with E-state index >= 15 is 0 Å². The fourth-order valence-electron chi connectivity index (χ4n) is 2.80. The van der Waals surface area contributed by atoms with Crippen LogP contribution in [0.4, 0.5) is 0 Å². The molecule has 0 radical (unpaired) electrons. The van der Waals surface area contributed by atoms with Gasteiger partial charge in [0.15, 0.2) is 0 Å². The highest BCUT2D eigenvalue weighted by molar-refractivity contribution is 6.30. The van der Waals surface area contributed by atoms with Crippen LogP contribution in [0.3, 0.4) is 0 Å². The van der Waals surface area contributed by atoms with Crippen LogP contribution in [-0.2, 0) is 4.79 Å². The molecule has 2 amide bonds. The largest absolute Gasteiger partial charge is 0.342 e. The van der Waals surface area contributed by atoms with E-state index in [0.29, 0.717) is 18.0 Å². The molecule has 1 aromatic heterocycles. The topological polar surface area (TPSA) is 62.3 Å². The number of nitrogens with one attached hydrogen (secondary N) is 1. The highest BCUT2D eigenvalue weighted by atomic mass is 35.5. The maximum Gasteiger partial charge on any atom is 0.270 e. The van der Waals surface area contributed by atoms with E-state index in [1.165, 1.54) is 12.3 Å². The summed E-state index contributed by atoms with van der Waals surface area (Å²) in [5, 5.41) is 3.43. The monoisotopic (exact) mass is 343 g/mol. The normalized spacial score (nSPS) is 15.4. The van der Waals surface area contributed by atoms with Crippen molar-refractivity contribution in [2.24, 2.45) is 0 Å². The maximum absolute atomic E-state index is 12.5. The summed E-state index contributed by atoms with van der Waals surface area (Å²) in [5.74, 6) is -0.177. The second-order valence-corrected chi connectivity index (χ2v) is 6.18. The number of nitrogens with zero attached hydrogens (tertiary/aromatic N) is 2. The van der Waals surface area contributed by atoms with Gasteiger partial charge in [-0.15, -0.1) is 0 Å². The number of rotatable bonds is 5. The van der Waals surface area contributed by atoms with E-state index in [4.69, 9.17) is 11.6 Å². The van der Waals surface area contributed by atoms with Crippen LogP contribution in [0.1, 0.15) is 34.9 Å². The number of hydrogen-bond donors (Lipinski definition) is 1. The molecule has 1 N–H and O–H groups in total. The van der Waals surface area contributed by atoms with Crippen LogP contribution in [0.15, 0.2) is 48.7 Å². The molecule has 0 saturated carbocycles. The lowest BCUT2D eigenvalue weighted by molar-refractivity contribution is -0.128. The standard InChI is InChI=1S/C18H18ClN3O2/c19-14-8-9-20-15(11-14)18(24)21-16(13-5-2-1-3-6-13)12-22-10-4-7-17(22)23/h1-3,5-6,8-9,11,16H,4,7,10,12H2,(H,21,24). The molecule has 2 heterocycles. The summed E-state index contributed by atoms with van der Waals surface area (Å²) in [6, 6.07) is 12.5. The minimum Gasteiger partial charge on any atom is -0.342 e. The quantitative estimate of drug-likeness (QED) is 0.908. The molecule has 24 heavy (non-hydrogen) atoms. The van der Waals surface area contributed by atoms with Gasteiger partial charge < -0.3 is 10.2 Å². The van der Waals surface area contributed by atoms with Crippen molar-refractivity contribution >= 4 is 23.4 Å². The van der Waals surface area contributed by atoms with E-state index in [2.05, 4.69) is 10.3 Å². The maximum atomic E-state index is 12.5. The van der Waals surface area contributed by atoms with E-state index < -0.39 is 0 Å². The molecule has 1 fully saturated rings. The molecule has 1 saturated heterocycles. The number of hydrogen-bond acceptors (Lipinski definition) is 3. The minimum absolute atomic E-state index is 0.131. The van der Waals surface area contributed by atoms with Gasteiger partial charge in [0, 0.05) is 30.7 Å². The Labute approximate surface area is 145 Å². The van der Waals surface area contributed by atoms with Crippen molar-refractivity contribution in [3.8, 4) is 0 Å². The number of aromatic nitrogens is 1. The van der Waals surface area contributed by atoms with Gasteiger partial charge in [0.1, 0.15) is 5.69 Å². The van der Waals surface area contributed by atoms with E-state index in [1.54, 1.807) is 11.0 Å². The third kappa shape index (κ3) is 3.92. The van der Waals surface area contributed by atoms with Crippen molar-refractivity contribution < 1.29 is 9.59 Å². The van der Waals surface area contributed by atoms with Gasteiger partial charge in [0.05, 0.1) is 6.04 Å². The summed E-state index contributed by atoms with van der Waals surface area (Å²) in [5.41, 5.74) is 1.21. The van der Waals surface area contributed by atoms with E-state index in [-0.39, 0.29) is 23.6 Å². The molecule has 1 atom stereocenters. The zero-order valence-corrected chi connectivity index (χ0v) is 13.9. The van der Waals surface area contributed by atoms with Crippen molar-refractivity contribution in [2.45, 2.75) is 18.9 Å². The summed E-state index contributed by atoms with van der Waals surface area (Å²) >= 11 is 5.93. The first kappa shape index (κ1) is 16.5. The molecule has 0 spiro atoms. The van der Waals surface area contributed by atoms with Crippen molar-refractivity contribution in [1.29, 1.82) is 0 Å². The molecular formula is C18H18ClN3O2. The lowest BCUT2D eigenvalue weighted by Crippen LogP contribution is -2.38. The summed E-state index contributed by atoms with van der Waals surface area (Å²) in [4.78, 5) is 30.3. The average molecular weight is 344 g/mol. The first-order chi connectivity index (χ1) is 11.6. The van der Waals surface area contributed by atoms with Gasteiger partial charge in [0.2, 0.25) is 5.91 Å². The Kier molecular flexibility index (Phi) is 5.11. The summed E-state index contributed by atoms with van der Waals surface area (Å²) in [6.07, 6.45) is 2.94. The molecule has 124 valence electrons. The highest BCUT2D eigenvalue weighted by Gasteiger charge is 2.25. The fraction of sp³-hybridized carbons (Fsp3) is 0.278. The van der Waals surface area contributed by atoms with Crippen molar-refractivity contribution in [1.82, 2.24) is 15.2 Å². The molecule has 1 unspecified atom stereocenters. The first-order valence-electron chi connectivity index (χ1n) is 7.88. The van der Waals surface area contributed by atoms with Gasteiger partial charge in [0.25, 0.3) is 5.91 Å². The summed E-state index contributed by atoms with van der Waals surface area (Å²) in [7, 11) is 0. The molecule has 1 aromatic carbocycles. The van der Waals surface area contributed by atoms with Crippen molar-refractivity contribution in [3.63, 3.8) is 0 Å². The smallest absolute Gasteiger partial charge is 0.270 e. The molecule has 5 nitrogen and oxygen atoms in total. The third-order valence-corrected chi connectivity index (χ3v) is 4.27. The lowest BCUT2D eigenvalue weighted by atomic mass is 10.1. The van der Waals surface area contributed by atoms with Crippen LogP contribution >= 0.6 is 11.6 Å². The number of carbonyl (C=O) groups excluding carboxylic acids is 2. The number of likely N-dealkylation sites (tertiary alicyclic amines) is 1. The van der Waals surface area contributed by atoms with Crippen LogP contribution in [0.25, 0.3) is 0 Å². The van der Waals surface area contributed by atoms with Crippen LogP contribution < -0.4 is 5.32 Å². The first-order valence-corrected chi connectivity index (χ1v) is 8.26. The molecular weight excluding hydrogens is 326 g/mol. The summed E-state index contributed by atoms with van der Waals surface area (Å²) in [6.45, 7) is 1.18. The zero-order valence-electron chi connectivity index (χ0n) is 13.1. The van der Waals surface area contributed by atoms with Gasteiger partial charge in [-0.2, -0.15) is 0 Å². The Hall–Kier alpha value is -2.40. The van der Waals surface area contributed by atoms with Gasteiger partial charge in [-0.1, -0.05) is 41.9 Å². The van der Waals surface area contributed by atoms with Crippen LogP contribution in [0.5, 0.6) is 0 Å². The average Bonchev–Trinajstić information content (AvgIpc) is 3.00. The van der Waals surface area contributed by atoms with Gasteiger partial charge in [-0.25, -0.2) is 0 Å². The number of carbonyl (C=O) groups is 2. The number of pyridine rings is 1. The van der Waals surface area contributed by atoms with Crippen LogP contribution in [-0.4, -0.2) is 34.8 Å². The molecule has 1 aliphatic rings. The predicted octanol–water partition coefficient (Wildman–Crippen LogP) is 2.83. The number of benzene rings is 1. The molecule has 6 heteroatoms. The Morgan fingerprint density at radius 1 is 1.29 bits per heavy atom.